The molecule has 9 heteroatoms. The van der Waals surface area contributed by atoms with Crippen LogP contribution in [0.3, 0.4) is 0 Å². The Bertz CT molecular complexity index is 1020. The number of anilines is 1. The largest absolute Gasteiger partial charge is 0.380 e. The van der Waals surface area contributed by atoms with Crippen molar-refractivity contribution in [1.82, 2.24) is 19.7 Å². The van der Waals surface area contributed by atoms with E-state index in [1.165, 1.54) is 23.4 Å². The lowest BCUT2D eigenvalue weighted by atomic mass is 9.87. The molecule has 0 radical (unpaired) electrons. The number of hydrogen-bond acceptors (Lipinski definition) is 6. The maximum Gasteiger partial charge on any atom is 0.138 e. The average molecular weight is 443 g/mol. The van der Waals surface area contributed by atoms with Crippen LogP contribution in [-0.2, 0) is 16.9 Å². The lowest BCUT2D eigenvalue weighted by Crippen LogP contribution is -2.47. The maximum absolute atomic E-state index is 14.7. The zero-order valence-corrected chi connectivity index (χ0v) is 18.2. The van der Waals surface area contributed by atoms with Crippen LogP contribution in [0.4, 0.5) is 14.6 Å². The third-order valence-corrected chi connectivity index (χ3v) is 6.00. The fourth-order valence-electron chi connectivity index (χ4n) is 4.10. The van der Waals surface area contributed by atoms with Crippen LogP contribution >= 0.6 is 0 Å². The van der Waals surface area contributed by atoms with Gasteiger partial charge in [0.2, 0.25) is 0 Å². The number of nitrogens with zero attached hydrogens (tertiary/aromatic N) is 5. The molecule has 170 valence electrons. The lowest BCUT2D eigenvalue weighted by Gasteiger charge is -2.39. The third-order valence-electron chi connectivity index (χ3n) is 6.00. The molecule has 0 saturated carbocycles. The second kappa shape index (κ2) is 9.30. The first-order valence-electron chi connectivity index (χ1n) is 10.7. The highest BCUT2D eigenvalue weighted by atomic mass is 19.1. The summed E-state index contributed by atoms with van der Waals surface area (Å²) in [6, 6.07) is 7.20. The molecule has 4 rings (SSSR count). The molecule has 1 fully saturated rings. The van der Waals surface area contributed by atoms with Crippen molar-refractivity contribution in [2.24, 2.45) is 0 Å². The predicted molar refractivity (Wildman–Crippen MR) is 115 cm³/mol. The first-order chi connectivity index (χ1) is 15.3. The zero-order chi connectivity index (χ0) is 22.7. The van der Waals surface area contributed by atoms with E-state index >= 15 is 0 Å². The first-order valence-corrected chi connectivity index (χ1v) is 10.7. The van der Waals surface area contributed by atoms with Crippen LogP contribution in [-0.4, -0.2) is 50.2 Å². The van der Waals surface area contributed by atoms with E-state index < -0.39 is 23.3 Å². The van der Waals surface area contributed by atoms with Gasteiger partial charge in [0.05, 0.1) is 18.8 Å². The van der Waals surface area contributed by atoms with Crippen molar-refractivity contribution in [2.45, 2.75) is 51.0 Å². The SMILES string of the molecule is Cc1ccc(N2CCC(O[C@H](C)[C@](O)(Cn3cncn3)c3ccc(F)cc3F)CC2)nc1. The summed E-state index contributed by atoms with van der Waals surface area (Å²) in [6.07, 6.45) is 5.21. The van der Waals surface area contributed by atoms with E-state index in [1.807, 2.05) is 25.3 Å². The number of hydrogen-bond donors (Lipinski definition) is 1. The van der Waals surface area contributed by atoms with Gasteiger partial charge in [0.1, 0.15) is 35.7 Å². The quantitative estimate of drug-likeness (QED) is 0.604. The van der Waals surface area contributed by atoms with Gasteiger partial charge in [-0.1, -0.05) is 12.1 Å². The number of aryl methyl sites for hydroxylation is 1. The standard InChI is InChI=1S/C23H27F2N5O2/c1-16-3-6-22(27-12-16)29-9-7-19(8-10-29)32-17(2)23(31,13-30-15-26-14-28-30)20-5-4-18(24)11-21(20)25/h3-6,11-12,14-15,17,19,31H,7-10,13H2,1-2H3/t17-,23-/m1/s1. The average Bonchev–Trinajstić information content (AvgIpc) is 3.27. The van der Waals surface area contributed by atoms with Gasteiger partial charge < -0.3 is 14.7 Å². The topological polar surface area (TPSA) is 76.3 Å². The number of benzene rings is 1. The number of ether oxygens (including phenoxy) is 1. The van der Waals surface area contributed by atoms with Crippen LogP contribution in [0.1, 0.15) is 30.9 Å². The Morgan fingerprint density at radius 2 is 2.00 bits per heavy atom. The van der Waals surface area contributed by atoms with Crippen LogP contribution in [0.2, 0.25) is 0 Å². The van der Waals surface area contributed by atoms with Gasteiger partial charge in [0.25, 0.3) is 0 Å². The highest BCUT2D eigenvalue weighted by Crippen LogP contribution is 2.33. The summed E-state index contributed by atoms with van der Waals surface area (Å²) in [6.45, 7) is 5.15. The van der Waals surface area contributed by atoms with Crippen molar-refractivity contribution >= 4 is 5.82 Å². The molecule has 2 aromatic heterocycles. The summed E-state index contributed by atoms with van der Waals surface area (Å²) < 4.78 is 35.8. The molecule has 1 saturated heterocycles. The predicted octanol–water partition coefficient (Wildman–Crippen LogP) is 3.22. The summed E-state index contributed by atoms with van der Waals surface area (Å²) in [7, 11) is 0. The van der Waals surface area contributed by atoms with Gasteiger partial charge in [-0.2, -0.15) is 5.10 Å². The molecule has 1 aliphatic heterocycles. The molecule has 3 heterocycles. The minimum absolute atomic E-state index is 0.0387. The Kier molecular flexibility index (Phi) is 6.48. The maximum atomic E-state index is 14.7. The molecule has 0 aliphatic carbocycles. The van der Waals surface area contributed by atoms with E-state index in [-0.39, 0.29) is 18.2 Å². The summed E-state index contributed by atoms with van der Waals surface area (Å²) >= 11 is 0. The Hall–Kier alpha value is -2.91. The van der Waals surface area contributed by atoms with E-state index in [9.17, 15) is 13.9 Å². The molecule has 1 aromatic carbocycles. The summed E-state index contributed by atoms with van der Waals surface area (Å²) in [5.41, 5.74) is -0.690. The Morgan fingerprint density at radius 1 is 1.22 bits per heavy atom. The third kappa shape index (κ3) is 4.78. The van der Waals surface area contributed by atoms with Crippen molar-refractivity contribution in [2.75, 3.05) is 18.0 Å². The monoisotopic (exact) mass is 443 g/mol. The molecule has 0 spiro atoms. The highest BCUT2D eigenvalue weighted by Gasteiger charge is 2.41. The normalized spacial score (nSPS) is 17.8. The lowest BCUT2D eigenvalue weighted by molar-refractivity contribution is -0.145. The first kappa shape index (κ1) is 22.3. The molecule has 7 nitrogen and oxygen atoms in total. The Morgan fingerprint density at radius 3 is 2.62 bits per heavy atom. The second-order valence-electron chi connectivity index (χ2n) is 8.30. The van der Waals surface area contributed by atoms with E-state index in [0.29, 0.717) is 0 Å². The van der Waals surface area contributed by atoms with Gasteiger partial charge in [0, 0.05) is 30.9 Å². The van der Waals surface area contributed by atoms with Crippen molar-refractivity contribution in [1.29, 1.82) is 0 Å². The van der Waals surface area contributed by atoms with Crippen LogP contribution < -0.4 is 4.90 Å². The molecule has 1 N–H and O–H groups in total. The number of halogens is 2. The summed E-state index contributed by atoms with van der Waals surface area (Å²) in [4.78, 5) is 10.6. The molecule has 1 aliphatic rings. The van der Waals surface area contributed by atoms with Gasteiger partial charge in [-0.05, 0) is 44.4 Å². The van der Waals surface area contributed by atoms with E-state index in [0.717, 1.165) is 49.4 Å². The summed E-state index contributed by atoms with van der Waals surface area (Å²) in [5, 5.41) is 15.6. The molecule has 32 heavy (non-hydrogen) atoms. The molecule has 0 unspecified atom stereocenters. The van der Waals surface area contributed by atoms with Crippen LogP contribution in [0, 0.1) is 18.6 Å². The Balaban J connectivity index is 1.48. The molecule has 0 amide bonds. The van der Waals surface area contributed by atoms with E-state index in [1.54, 1.807) is 6.92 Å². The van der Waals surface area contributed by atoms with Crippen molar-refractivity contribution < 1.29 is 18.6 Å². The van der Waals surface area contributed by atoms with Crippen LogP contribution in [0.15, 0.2) is 49.2 Å². The minimum Gasteiger partial charge on any atom is -0.380 e. The van der Waals surface area contributed by atoms with E-state index in [4.69, 9.17) is 4.74 Å². The number of pyridine rings is 1. The van der Waals surface area contributed by atoms with Gasteiger partial charge in [-0.25, -0.2) is 23.4 Å². The number of aromatic nitrogens is 4. The van der Waals surface area contributed by atoms with Crippen molar-refractivity contribution in [3.05, 3.63) is 71.9 Å². The molecular weight excluding hydrogens is 416 g/mol. The molecule has 2 atom stereocenters. The summed E-state index contributed by atoms with van der Waals surface area (Å²) in [5.74, 6) is -0.610. The molecule has 0 bridgehead atoms. The van der Waals surface area contributed by atoms with Crippen LogP contribution in [0.5, 0.6) is 0 Å². The van der Waals surface area contributed by atoms with Crippen molar-refractivity contribution in [3.63, 3.8) is 0 Å². The molecule has 3 aromatic rings. The fourth-order valence-corrected chi connectivity index (χ4v) is 4.10. The smallest absolute Gasteiger partial charge is 0.138 e. The van der Waals surface area contributed by atoms with E-state index in [2.05, 4.69) is 20.0 Å². The zero-order valence-electron chi connectivity index (χ0n) is 18.2. The highest BCUT2D eigenvalue weighted by molar-refractivity contribution is 5.39. The fraction of sp³-hybridized carbons (Fsp3) is 0.435. The molecular formula is C23H27F2N5O2. The number of piperidine rings is 1. The minimum atomic E-state index is -1.76. The van der Waals surface area contributed by atoms with Gasteiger partial charge >= 0.3 is 0 Å². The van der Waals surface area contributed by atoms with Crippen molar-refractivity contribution in [3.8, 4) is 0 Å². The van der Waals surface area contributed by atoms with Gasteiger partial charge in [-0.15, -0.1) is 0 Å². The van der Waals surface area contributed by atoms with Gasteiger partial charge in [-0.3, -0.25) is 0 Å². The van der Waals surface area contributed by atoms with Gasteiger partial charge in [0.15, 0.2) is 0 Å². The Labute approximate surface area is 185 Å². The van der Waals surface area contributed by atoms with Crippen LogP contribution in [0.25, 0.3) is 0 Å². The second-order valence-corrected chi connectivity index (χ2v) is 8.30. The number of rotatable bonds is 7. The number of aliphatic hydroxyl groups is 1.